The second-order valence-electron chi connectivity index (χ2n) is 14.9. The van der Waals surface area contributed by atoms with Crippen LogP contribution in [-0.2, 0) is 18.3 Å². The van der Waals surface area contributed by atoms with Crippen molar-refractivity contribution in [1.29, 1.82) is 0 Å². The molecule has 0 radical (unpaired) electrons. The zero-order valence-corrected chi connectivity index (χ0v) is 27.3. The fourth-order valence-corrected chi connectivity index (χ4v) is 7.01. The molecule has 0 saturated carbocycles. The maximum Gasteiger partial charge on any atom is 0.109 e. The van der Waals surface area contributed by atoms with E-state index in [0.717, 1.165) is 35.6 Å². The molecule has 4 aromatic carbocycles. The number of benzene rings is 4. The van der Waals surface area contributed by atoms with Crippen LogP contribution in [0.3, 0.4) is 0 Å². The summed E-state index contributed by atoms with van der Waals surface area (Å²) in [5, 5.41) is 10.6. The van der Waals surface area contributed by atoms with Gasteiger partial charge in [0.05, 0.1) is 22.8 Å². The molecule has 0 saturated heterocycles. The highest BCUT2D eigenvalue weighted by atomic mass is 15.3. The van der Waals surface area contributed by atoms with E-state index >= 15 is 0 Å². The van der Waals surface area contributed by atoms with Gasteiger partial charge in [-0.25, -0.2) is 9.36 Å². The number of hydrogen-bond acceptors (Lipinski definition) is 2. The number of hydrogen-bond donors (Lipinski definition) is 0. The van der Waals surface area contributed by atoms with Gasteiger partial charge in [-0.05, 0) is 93.5 Å². The summed E-state index contributed by atoms with van der Waals surface area (Å²) in [6, 6.07) is 39.4. The van der Waals surface area contributed by atoms with E-state index in [2.05, 4.69) is 163 Å². The van der Waals surface area contributed by atoms with Crippen LogP contribution in [0.4, 0.5) is 0 Å². The fraction of sp³-hybridized carbons (Fsp3) is 0.268. The Morgan fingerprint density at radius 1 is 0.489 bits per heavy atom. The van der Waals surface area contributed by atoms with Crippen molar-refractivity contribution < 1.29 is 0 Å². The van der Waals surface area contributed by atoms with Crippen LogP contribution in [0, 0.1) is 10.8 Å². The number of nitrogens with zero attached hydrogens (tertiary/aromatic N) is 4. The van der Waals surface area contributed by atoms with E-state index in [1.807, 2.05) is 9.36 Å². The molecular formula is C41H42N4. The van der Waals surface area contributed by atoms with Crippen LogP contribution in [0.25, 0.3) is 22.5 Å². The monoisotopic (exact) mass is 590 g/mol. The Bertz CT molecular complexity index is 1810. The molecule has 45 heavy (non-hydrogen) atoms. The average Bonchev–Trinajstić information content (AvgIpc) is 3.74. The Hall–Kier alpha value is -4.70. The van der Waals surface area contributed by atoms with Crippen LogP contribution in [-0.4, -0.2) is 19.6 Å². The molecule has 0 atom stereocenters. The molecule has 0 aliphatic heterocycles. The third-order valence-corrected chi connectivity index (χ3v) is 8.77. The fourth-order valence-electron chi connectivity index (χ4n) is 7.01. The standard InChI is InChI=1S/C41H42N4/c1-39(2,3)27-29-15-19-31(20-16-29)44-25-23-37(42-44)41(35-13-9-7-11-33(35)34-12-8-10-14-36(34)41)38-24-26-45(43-38)32-21-17-30(18-22-32)28-40(4,5)6/h7-26H,27-28H2,1-6H3. The first-order valence-electron chi connectivity index (χ1n) is 16.0. The third-order valence-electron chi connectivity index (χ3n) is 8.77. The zero-order chi connectivity index (χ0) is 31.4. The van der Waals surface area contributed by atoms with Crippen LogP contribution in [0.1, 0.15) is 75.2 Å². The van der Waals surface area contributed by atoms with Gasteiger partial charge in [0, 0.05) is 12.4 Å². The lowest BCUT2D eigenvalue weighted by atomic mass is 9.73. The molecule has 0 fully saturated rings. The molecule has 1 aliphatic rings. The number of aromatic nitrogens is 4. The average molecular weight is 591 g/mol. The van der Waals surface area contributed by atoms with E-state index in [-0.39, 0.29) is 10.8 Å². The maximum atomic E-state index is 5.31. The molecule has 0 spiro atoms. The van der Waals surface area contributed by atoms with Crippen molar-refractivity contribution in [2.75, 3.05) is 0 Å². The first kappa shape index (κ1) is 29.0. The second kappa shape index (κ2) is 10.7. The normalized spacial score (nSPS) is 13.9. The zero-order valence-electron chi connectivity index (χ0n) is 27.3. The molecule has 0 unspecified atom stereocenters. The summed E-state index contributed by atoms with van der Waals surface area (Å²) in [5.41, 5.74) is 11.4. The number of rotatable bonds is 6. The van der Waals surface area contributed by atoms with Gasteiger partial charge in [-0.3, -0.25) is 0 Å². The van der Waals surface area contributed by atoms with Gasteiger partial charge in [-0.15, -0.1) is 0 Å². The molecule has 0 N–H and O–H groups in total. The van der Waals surface area contributed by atoms with Crippen molar-refractivity contribution in [2.24, 2.45) is 10.8 Å². The highest BCUT2D eigenvalue weighted by molar-refractivity contribution is 5.85. The molecule has 226 valence electrons. The van der Waals surface area contributed by atoms with Crippen molar-refractivity contribution in [3.63, 3.8) is 0 Å². The quantitative estimate of drug-likeness (QED) is 0.193. The van der Waals surface area contributed by atoms with Gasteiger partial charge in [-0.2, -0.15) is 10.2 Å². The van der Waals surface area contributed by atoms with E-state index in [1.54, 1.807) is 0 Å². The summed E-state index contributed by atoms with van der Waals surface area (Å²) in [6.07, 6.45) is 6.25. The van der Waals surface area contributed by atoms with Gasteiger partial charge in [0.15, 0.2) is 0 Å². The van der Waals surface area contributed by atoms with Crippen molar-refractivity contribution in [3.05, 3.63) is 155 Å². The Morgan fingerprint density at radius 2 is 0.867 bits per heavy atom. The lowest BCUT2D eigenvalue weighted by molar-refractivity contribution is 0.411. The Labute approximate surface area is 267 Å². The minimum Gasteiger partial charge on any atom is -0.241 e. The van der Waals surface area contributed by atoms with Gasteiger partial charge in [0.25, 0.3) is 0 Å². The molecule has 6 aromatic rings. The van der Waals surface area contributed by atoms with Crippen LogP contribution in [0.5, 0.6) is 0 Å². The van der Waals surface area contributed by atoms with Gasteiger partial charge >= 0.3 is 0 Å². The topological polar surface area (TPSA) is 35.6 Å². The minimum atomic E-state index is -0.651. The summed E-state index contributed by atoms with van der Waals surface area (Å²) < 4.78 is 4.01. The molecule has 1 aliphatic carbocycles. The van der Waals surface area contributed by atoms with Gasteiger partial charge < -0.3 is 0 Å². The van der Waals surface area contributed by atoms with E-state index in [4.69, 9.17) is 10.2 Å². The van der Waals surface area contributed by atoms with Crippen molar-refractivity contribution in [3.8, 4) is 22.5 Å². The van der Waals surface area contributed by atoms with Crippen LogP contribution < -0.4 is 0 Å². The lowest BCUT2D eigenvalue weighted by Crippen LogP contribution is -2.30. The van der Waals surface area contributed by atoms with Crippen molar-refractivity contribution in [2.45, 2.75) is 59.8 Å². The van der Waals surface area contributed by atoms with Gasteiger partial charge in [0.2, 0.25) is 0 Å². The molecule has 4 nitrogen and oxygen atoms in total. The van der Waals surface area contributed by atoms with E-state index in [9.17, 15) is 0 Å². The summed E-state index contributed by atoms with van der Waals surface area (Å²) in [4.78, 5) is 0. The highest BCUT2D eigenvalue weighted by Gasteiger charge is 2.49. The second-order valence-corrected chi connectivity index (χ2v) is 14.9. The van der Waals surface area contributed by atoms with E-state index in [1.165, 1.54) is 33.4 Å². The molecule has 7 rings (SSSR count). The summed E-state index contributed by atoms with van der Waals surface area (Å²) in [5.74, 6) is 0. The predicted octanol–water partition coefficient (Wildman–Crippen LogP) is 9.60. The first-order chi connectivity index (χ1) is 21.5. The summed E-state index contributed by atoms with van der Waals surface area (Å²) in [7, 11) is 0. The van der Waals surface area contributed by atoms with Gasteiger partial charge in [-0.1, -0.05) is 114 Å². The summed E-state index contributed by atoms with van der Waals surface area (Å²) >= 11 is 0. The molecular weight excluding hydrogens is 548 g/mol. The summed E-state index contributed by atoms with van der Waals surface area (Å²) in [6.45, 7) is 13.7. The molecule has 2 heterocycles. The number of fused-ring (bicyclic) bond motifs is 3. The van der Waals surface area contributed by atoms with Crippen LogP contribution in [0.15, 0.2) is 122 Å². The van der Waals surface area contributed by atoms with Crippen LogP contribution in [0.2, 0.25) is 0 Å². The van der Waals surface area contributed by atoms with E-state index in [0.29, 0.717) is 0 Å². The molecule has 4 heteroatoms. The van der Waals surface area contributed by atoms with Crippen molar-refractivity contribution in [1.82, 2.24) is 19.6 Å². The van der Waals surface area contributed by atoms with Crippen LogP contribution >= 0.6 is 0 Å². The lowest BCUT2D eigenvalue weighted by Gasteiger charge is -2.28. The Kier molecular flexibility index (Phi) is 6.92. The van der Waals surface area contributed by atoms with E-state index < -0.39 is 5.41 Å². The molecule has 2 aromatic heterocycles. The highest BCUT2D eigenvalue weighted by Crippen LogP contribution is 2.55. The third kappa shape index (κ3) is 5.33. The Morgan fingerprint density at radius 3 is 1.24 bits per heavy atom. The smallest absolute Gasteiger partial charge is 0.109 e. The minimum absolute atomic E-state index is 0.244. The largest absolute Gasteiger partial charge is 0.241 e. The van der Waals surface area contributed by atoms with Gasteiger partial charge in [0.1, 0.15) is 5.41 Å². The Balaban J connectivity index is 1.34. The first-order valence-corrected chi connectivity index (χ1v) is 16.0. The predicted molar refractivity (Wildman–Crippen MR) is 184 cm³/mol. The molecule has 0 amide bonds. The van der Waals surface area contributed by atoms with Crippen molar-refractivity contribution >= 4 is 0 Å². The maximum absolute atomic E-state index is 5.31. The molecule has 0 bridgehead atoms. The SMILES string of the molecule is CC(C)(C)Cc1ccc(-n2ccc(C3(c4ccn(-c5ccc(CC(C)(C)C)cc5)n4)c4ccccc4-c4ccccc43)n2)cc1.